The smallest absolute Gasteiger partial charge is 0.321 e. The van der Waals surface area contributed by atoms with Gasteiger partial charge in [0.2, 0.25) is 5.91 Å². The van der Waals surface area contributed by atoms with Crippen LogP contribution < -0.4 is 10.6 Å². The molecule has 0 aliphatic carbocycles. The second-order valence-corrected chi connectivity index (χ2v) is 4.72. The fraction of sp³-hybridized carbons (Fsp3) is 0.385. The van der Waals surface area contributed by atoms with Crippen LogP contribution in [0.25, 0.3) is 0 Å². The second-order valence-electron chi connectivity index (χ2n) is 4.28. The van der Waals surface area contributed by atoms with Gasteiger partial charge in [-0.25, -0.2) is 0 Å². The first-order chi connectivity index (χ1) is 9.43. The first-order valence-corrected chi connectivity index (χ1v) is 6.45. The number of hydrogen-bond donors (Lipinski definition) is 4. The Morgan fingerprint density at radius 1 is 1.40 bits per heavy atom. The lowest BCUT2D eigenvalue weighted by Crippen LogP contribution is -2.41. The summed E-state index contributed by atoms with van der Waals surface area (Å²) in [5.41, 5.74) is 1.38. The van der Waals surface area contributed by atoms with Crippen molar-refractivity contribution in [2.45, 2.75) is 19.4 Å². The predicted octanol–water partition coefficient (Wildman–Crippen LogP) is 1.01. The van der Waals surface area contributed by atoms with Gasteiger partial charge in [-0.3, -0.25) is 9.59 Å². The number of aliphatic hydroxyl groups is 1. The van der Waals surface area contributed by atoms with Crippen LogP contribution >= 0.6 is 11.6 Å². The quantitative estimate of drug-likeness (QED) is 0.602. The number of amides is 1. The summed E-state index contributed by atoms with van der Waals surface area (Å²) < 4.78 is 0. The van der Waals surface area contributed by atoms with Gasteiger partial charge in [0.1, 0.15) is 6.04 Å². The first kappa shape index (κ1) is 16.4. The molecule has 4 N–H and O–H groups in total. The summed E-state index contributed by atoms with van der Waals surface area (Å²) in [6, 6.07) is 4.03. The lowest BCUT2D eigenvalue weighted by molar-refractivity contribution is -0.141. The van der Waals surface area contributed by atoms with E-state index in [9.17, 15) is 9.59 Å². The van der Waals surface area contributed by atoms with Crippen LogP contribution in [0.3, 0.4) is 0 Å². The first-order valence-electron chi connectivity index (χ1n) is 6.07. The highest BCUT2D eigenvalue weighted by molar-refractivity contribution is 6.31. The number of halogens is 1. The molecule has 1 aromatic carbocycles. The van der Waals surface area contributed by atoms with Gasteiger partial charge in [0, 0.05) is 17.3 Å². The molecule has 0 saturated carbocycles. The topological polar surface area (TPSA) is 98.7 Å². The molecule has 0 aromatic heterocycles. The lowest BCUT2D eigenvalue weighted by atomic mass is 10.1. The molecule has 0 heterocycles. The van der Waals surface area contributed by atoms with Crippen LogP contribution in [0.5, 0.6) is 0 Å². The standard InChI is InChI=1S/C13H17ClN2O4/c1-8-2-3-9(14)6-10(8)16-12(18)7-11(13(19)20)15-4-5-17/h2-3,6,11,15,17H,4-5,7H2,1H3,(H,16,18)(H,19,20). The van der Waals surface area contributed by atoms with E-state index in [0.717, 1.165) is 5.56 Å². The zero-order chi connectivity index (χ0) is 15.1. The van der Waals surface area contributed by atoms with Crippen molar-refractivity contribution in [1.29, 1.82) is 0 Å². The highest BCUT2D eigenvalue weighted by Gasteiger charge is 2.20. The molecule has 1 unspecified atom stereocenters. The number of nitrogens with one attached hydrogen (secondary N) is 2. The molecule has 0 bridgehead atoms. The largest absolute Gasteiger partial charge is 0.480 e. The summed E-state index contributed by atoms with van der Waals surface area (Å²) in [5.74, 6) is -1.58. The Labute approximate surface area is 121 Å². The minimum atomic E-state index is -1.14. The average Bonchev–Trinajstić information content (AvgIpc) is 2.38. The van der Waals surface area contributed by atoms with Crippen molar-refractivity contribution in [2.75, 3.05) is 18.5 Å². The number of aliphatic carboxylic acids is 1. The van der Waals surface area contributed by atoms with Gasteiger partial charge in [-0.15, -0.1) is 0 Å². The lowest BCUT2D eigenvalue weighted by Gasteiger charge is -2.14. The molecule has 110 valence electrons. The van der Waals surface area contributed by atoms with Gasteiger partial charge in [0.05, 0.1) is 13.0 Å². The molecule has 1 amide bonds. The van der Waals surface area contributed by atoms with Crippen LogP contribution in [-0.4, -0.2) is 41.3 Å². The number of benzene rings is 1. The third kappa shape index (κ3) is 5.16. The number of carboxylic acids is 1. The van der Waals surface area contributed by atoms with Crippen molar-refractivity contribution < 1.29 is 19.8 Å². The molecule has 0 saturated heterocycles. The minimum absolute atomic E-state index is 0.112. The average molecular weight is 301 g/mol. The Balaban J connectivity index is 2.65. The number of aliphatic hydroxyl groups excluding tert-OH is 1. The van der Waals surface area contributed by atoms with E-state index in [1.807, 2.05) is 6.92 Å². The molecular formula is C13H17ClN2O4. The van der Waals surface area contributed by atoms with Crippen molar-refractivity contribution in [3.8, 4) is 0 Å². The maximum Gasteiger partial charge on any atom is 0.321 e. The minimum Gasteiger partial charge on any atom is -0.480 e. The second kappa shape index (κ2) is 7.84. The molecule has 1 rings (SSSR count). The van der Waals surface area contributed by atoms with E-state index in [4.69, 9.17) is 21.8 Å². The van der Waals surface area contributed by atoms with Gasteiger partial charge in [-0.1, -0.05) is 17.7 Å². The normalized spacial score (nSPS) is 11.9. The predicted molar refractivity (Wildman–Crippen MR) is 75.9 cm³/mol. The molecule has 0 aliphatic rings. The fourth-order valence-electron chi connectivity index (χ4n) is 1.60. The maximum atomic E-state index is 11.8. The molecule has 0 aliphatic heterocycles. The van der Waals surface area contributed by atoms with Crippen LogP contribution in [0, 0.1) is 6.92 Å². The van der Waals surface area contributed by atoms with E-state index in [0.29, 0.717) is 10.7 Å². The van der Waals surface area contributed by atoms with E-state index >= 15 is 0 Å². The maximum absolute atomic E-state index is 11.8. The molecule has 0 spiro atoms. The molecule has 0 fully saturated rings. The van der Waals surface area contributed by atoms with Crippen LogP contribution in [-0.2, 0) is 9.59 Å². The van der Waals surface area contributed by atoms with Crippen molar-refractivity contribution in [3.05, 3.63) is 28.8 Å². The summed E-state index contributed by atoms with van der Waals surface area (Å²) in [6.07, 6.45) is -0.235. The van der Waals surface area contributed by atoms with E-state index in [1.165, 1.54) is 0 Å². The molecule has 0 radical (unpaired) electrons. The SMILES string of the molecule is Cc1ccc(Cl)cc1NC(=O)CC(NCCO)C(=O)O. The Morgan fingerprint density at radius 3 is 2.70 bits per heavy atom. The van der Waals surface area contributed by atoms with Crippen LogP contribution in [0.2, 0.25) is 5.02 Å². The zero-order valence-corrected chi connectivity index (χ0v) is 11.8. The Morgan fingerprint density at radius 2 is 2.10 bits per heavy atom. The number of aryl methyl sites for hydroxylation is 1. The third-order valence-corrected chi connectivity index (χ3v) is 2.90. The summed E-state index contributed by atoms with van der Waals surface area (Å²) in [7, 11) is 0. The molecule has 20 heavy (non-hydrogen) atoms. The molecule has 1 atom stereocenters. The highest BCUT2D eigenvalue weighted by atomic mass is 35.5. The van der Waals surface area contributed by atoms with Gasteiger partial charge in [-0.2, -0.15) is 0 Å². The van der Waals surface area contributed by atoms with Crippen LogP contribution in [0.15, 0.2) is 18.2 Å². The molecular weight excluding hydrogens is 284 g/mol. The molecule has 6 nitrogen and oxygen atoms in total. The van der Waals surface area contributed by atoms with Crippen LogP contribution in [0.1, 0.15) is 12.0 Å². The number of rotatable bonds is 7. The Kier molecular flexibility index (Phi) is 6.44. The van der Waals surface area contributed by atoms with E-state index in [-0.39, 0.29) is 19.6 Å². The van der Waals surface area contributed by atoms with Crippen molar-refractivity contribution >= 4 is 29.2 Å². The van der Waals surface area contributed by atoms with Gasteiger partial charge < -0.3 is 20.8 Å². The highest BCUT2D eigenvalue weighted by Crippen LogP contribution is 2.20. The summed E-state index contributed by atoms with van der Waals surface area (Å²) >= 11 is 5.84. The van der Waals surface area contributed by atoms with Crippen molar-refractivity contribution in [2.24, 2.45) is 0 Å². The number of carbonyl (C=O) groups excluding carboxylic acids is 1. The van der Waals surface area contributed by atoms with E-state index in [1.54, 1.807) is 18.2 Å². The fourth-order valence-corrected chi connectivity index (χ4v) is 1.77. The van der Waals surface area contributed by atoms with Gasteiger partial charge >= 0.3 is 5.97 Å². The Bertz CT molecular complexity index is 493. The van der Waals surface area contributed by atoms with E-state index < -0.39 is 17.9 Å². The van der Waals surface area contributed by atoms with Crippen molar-refractivity contribution in [1.82, 2.24) is 5.32 Å². The third-order valence-electron chi connectivity index (χ3n) is 2.66. The zero-order valence-electron chi connectivity index (χ0n) is 11.0. The summed E-state index contributed by atoms with van der Waals surface area (Å²) in [6.45, 7) is 1.73. The number of carboxylic acid groups (broad SMARTS) is 1. The van der Waals surface area contributed by atoms with Gasteiger partial charge in [-0.05, 0) is 24.6 Å². The molecule has 7 heteroatoms. The number of carbonyl (C=O) groups is 2. The molecule has 1 aromatic rings. The monoisotopic (exact) mass is 300 g/mol. The van der Waals surface area contributed by atoms with Crippen LogP contribution in [0.4, 0.5) is 5.69 Å². The summed E-state index contributed by atoms with van der Waals surface area (Å²) in [5, 5.41) is 23.3. The summed E-state index contributed by atoms with van der Waals surface area (Å²) in [4.78, 5) is 22.8. The number of anilines is 1. The van der Waals surface area contributed by atoms with Crippen molar-refractivity contribution in [3.63, 3.8) is 0 Å². The Hall–Kier alpha value is -1.63. The van der Waals surface area contributed by atoms with Gasteiger partial charge in [0.25, 0.3) is 0 Å². The van der Waals surface area contributed by atoms with E-state index in [2.05, 4.69) is 10.6 Å². The number of hydrogen-bond acceptors (Lipinski definition) is 4. The van der Waals surface area contributed by atoms with Gasteiger partial charge in [0.15, 0.2) is 0 Å².